The normalized spacial score (nSPS) is 10.4. The summed E-state index contributed by atoms with van der Waals surface area (Å²) < 4.78 is 0. The van der Waals surface area contributed by atoms with Crippen molar-refractivity contribution < 1.29 is 9.90 Å². The first kappa shape index (κ1) is 13.1. The van der Waals surface area contributed by atoms with Gasteiger partial charge in [0.25, 0.3) is 0 Å². The molecule has 0 radical (unpaired) electrons. The van der Waals surface area contributed by atoms with E-state index in [1.54, 1.807) is 16.2 Å². The molecule has 4 nitrogen and oxygen atoms in total. The molecule has 0 aromatic carbocycles. The minimum Gasteiger partial charge on any atom is -0.396 e. The summed E-state index contributed by atoms with van der Waals surface area (Å²) in [6, 6.07) is 0. The Labute approximate surface area is 99.9 Å². The van der Waals surface area contributed by atoms with Gasteiger partial charge in [-0.3, -0.25) is 4.79 Å². The van der Waals surface area contributed by atoms with E-state index in [9.17, 15) is 4.79 Å². The number of rotatable bonds is 6. The Morgan fingerprint density at radius 1 is 1.62 bits per heavy atom. The van der Waals surface area contributed by atoms with Gasteiger partial charge in [0, 0.05) is 25.1 Å². The molecule has 0 bridgehead atoms. The smallest absolute Gasteiger partial charge is 0.228 e. The molecule has 0 aliphatic heterocycles. The van der Waals surface area contributed by atoms with E-state index in [2.05, 4.69) is 4.98 Å². The first-order valence-corrected chi connectivity index (χ1v) is 6.35. The monoisotopic (exact) mass is 242 g/mol. The van der Waals surface area contributed by atoms with Crippen LogP contribution in [0.4, 0.5) is 0 Å². The third-order valence-electron chi connectivity index (χ3n) is 2.32. The molecule has 5 heteroatoms. The van der Waals surface area contributed by atoms with Gasteiger partial charge < -0.3 is 10.0 Å². The van der Waals surface area contributed by atoms with E-state index in [1.807, 2.05) is 19.2 Å². The maximum Gasteiger partial charge on any atom is 0.228 e. The zero-order valence-electron chi connectivity index (χ0n) is 9.77. The van der Waals surface area contributed by atoms with Crippen molar-refractivity contribution in [2.24, 2.45) is 0 Å². The van der Waals surface area contributed by atoms with Crippen LogP contribution in [0.25, 0.3) is 0 Å². The van der Waals surface area contributed by atoms with E-state index in [0.29, 0.717) is 25.9 Å². The van der Waals surface area contributed by atoms with Crippen molar-refractivity contribution in [1.29, 1.82) is 0 Å². The first-order chi connectivity index (χ1) is 7.67. The maximum atomic E-state index is 11.9. The van der Waals surface area contributed by atoms with Gasteiger partial charge in [0.2, 0.25) is 5.91 Å². The van der Waals surface area contributed by atoms with Gasteiger partial charge in [0.1, 0.15) is 0 Å². The molecule has 16 heavy (non-hydrogen) atoms. The largest absolute Gasteiger partial charge is 0.396 e. The number of aryl methyl sites for hydroxylation is 1. The van der Waals surface area contributed by atoms with Crippen LogP contribution in [0.15, 0.2) is 5.38 Å². The summed E-state index contributed by atoms with van der Waals surface area (Å²) in [7, 11) is 0. The number of aliphatic hydroxyl groups is 1. The van der Waals surface area contributed by atoms with Crippen molar-refractivity contribution in [3.8, 4) is 0 Å². The van der Waals surface area contributed by atoms with Gasteiger partial charge in [-0.2, -0.15) is 0 Å². The van der Waals surface area contributed by atoms with Crippen molar-refractivity contribution in [1.82, 2.24) is 9.88 Å². The standard InChI is InChI=1S/C11H18N2O2S/c1-3-13(5-4-6-14)11(15)7-10-8-16-9(2)12-10/h8,14H,3-7H2,1-2H3. The summed E-state index contributed by atoms with van der Waals surface area (Å²) in [6.45, 7) is 5.31. The number of aliphatic hydroxyl groups excluding tert-OH is 1. The van der Waals surface area contributed by atoms with Gasteiger partial charge in [0.15, 0.2) is 0 Å². The molecule has 0 fully saturated rings. The number of hydrogen-bond acceptors (Lipinski definition) is 4. The van der Waals surface area contributed by atoms with Crippen LogP contribution in [-0.2, 0) is 11.2 Å². The van der Waals surface area contributed by atoms with Gasteiger partial charge in [-0.1, -0.05) is 0 Å². The zero-order chi connectivity index (χ0) is 12.0. The molecule has 90 valence electrons. The lowest BCUT2D eigenvalue weighted by Crippen LogP contribution is -2.33. The Bertz CT molecular complexity index is 338. The highest BCUT2D eigenvalue weighted by Gasteiger charge is 2.13. The molecule has 0 aliphatic carbocycles. The summed E-state index contributed by atoms with van der Waals surface area (Å²) in [5.41, 5.74) is 0.843. The highest BCUT2D eigenvalue weighted by Crippen LogP contribution is 2.09. The van der Waals surface area contributed by atoms with Crippen LogP contribution < -0.4 is 0 Å². The van der Waals surface area contributed by atoms with Crippen LogP contribution in [0.2, 0.25) is 0 Å². The molecule has 0 unspecified atom stereocenters. The summed E-state index contributed by atoms with van der Waals surface area (Å²) in [5.74, 6) is 0.0845. The van der Waals surface area contributed by atoms with Gasteiger partial charge in [-0.05, 0) is 20.3 Å². The van der Waals surface area contributed by atoms with E-state index in [-0.39, 0.29) is 12.5 Å². The number of likely N-dealkylation sites (N-methyl/N-ethyl adjacent to an activating group) is 1. The van der Waals surface area contributed by atoms with Gasteiger partial charge in [-0.25, -0.2) is 4.98 Å². The van der Waals surface area contributed by atoms with Crippen LogP contribution in [-0.4, -0.2) is 40.6 Å². The van der Waals surface area contributed by atoms with Crippen LogP contribution >= 0.6 is 11.3 Å². The first-order valence-electron chi connectivity index (χ1n) is 5.47. The van der Waals surface area contributed by atoms with Crippen molar-refractivity contribution in [2.75, 3.05) is 19.7 Å². The molecule has 0 atom stereocenters. The predicted octanol–water partition coefficient (Wildman–Crippen LogP) is 1.22. The molecule has 1 aromatic rings. The molecule has 1 N–H and O–H groups in total. The minimum absolute atomic E-state index is 0.0845. The molecule has 0 saturated carbocycles. The number of amides is 1. The lowest BCUT2D eigenvalue weighted by molar-refractivity contribution is -0.130. The lowest BCUT2D eigenvalue weighted by atomic mass is 10.3. The third kappa shape index (κ3) is 3.90. The number of carbonyl (C=O) groups excluding carboxylic acids is 1. The van der Waals surface area contributed by atoms with Crippen LogP contribution in [0, 0.1) is 6.92 Å². The number of aromatic nitrogens is 1. The molecule has 1 amide bonds. The highest BCUT2D eigenvalue weighted by atomic mass is 32.1. The van der Waals surface area contributed by atoms with Crippen molar-refractivity contribution in [2.45, 2.75) is 26.7 Å². The Morgan fingerprint density at radius 3 is 2.88 bits per heavy atom. The Balaban J connectivity index is 2.49. The average molecular weight is 242 g/mol. The summed E-state index contributed by atoms with van der Waals surface area (Å²) in [4.78, 5) is 17.9. The SMILES string of the molecule is CCN(CCCO)C(=O)Cc1csc(C)n1. The number of thiazole rings is 1. The predicted molar refractivity (Wildman–Crippen MR) is 64.5 cm³/mol. The molecule has 0 saturated heterocycles. The van der Waals surface area contributed by atoms with E-state index in [4.69, 9.17) is 5.11 Å². The molecule has 1 rings (SSSR count). The van der Waals surface area contributed by atoms with Crippen LogP contribution in [0.5, 0.6) is 0 Å². The molecule has 0 aliphatic rings. The van der Waals surface area contributed by atoms with Crippen LogP contribution in [0.3, 0.4) is 0 Å². The van der Waals surface area contributed by atoms with Crippen molar-refractivity contribution in [3.63, 3.8) is 0 Å². The molecular formula is C11H18N2O2S. The Kier molecular flexibility index (Phi) is 5.42. The summed E-state index contributed by atoms with van der Waals surface area (Å²) in [5, 5.41) is 11.6. The second kappa shape index (κ2) is 6.60. The number of carbonyl (C=O) groups is 1. The minimum atomic E-state index is 0.0845. The fourth-order valence-corrected chi connectivity index (χ4v) is 2.09. The quantitative estimate of drug-likeness (QED) is 0.816. The van der Waals surface area contributed by atoms with Crippen molar-refractivity contribution in [3.05, 3.63) is 16.1 Å². The molecule has 1 aromatic heterocycles. The molecule has 1 heterocycles. The number of hydrogen-bond donors (Lipinski definition) is 1. The fourth-order valence-electron chi connectivity index (χ4n) is 1.48. The van der Waals surface area contributed by atoms with E-state index in [0.717, 1.165) is 10.7 Å². The van der Waals surface area contributed by atoms with Crippen molar-refractivity contribution >= 4 is 17.2 Å². The topological polar surface area (TPSA) is 53.4 Å². The second-order valence-electron chi connectivity index (χ2n) is 3.59. The molecular weight excluding hydrogens is 224 g/mol. The lowest BCUT2D eigenvalue weighted by Gasteiger charge is -2.19. The van der Waals surface area contributed by atoms with E-state index in [1.165, 1.54) is 0 Å². The second-order valence-corrected chi connectivity index (χ2v) is 4.65. The Hall–Kier alpha value is -0.940. The van der Waals surface area contributed by atoms with E-state index >= 15 is 0 Å². The average Bonchev–Trinajstić information content (AvgIpc) is 2.65. The molecule has 0 spiro atoms. The van der Waals surface area contributed by atoms with Gasteiger partial charge >= 0.3 is 0 Å². The maximum absolute atomic E-state index is 11.9. The van der Waals surface area contributed by atoms with Gasteiger partial charge in [-0.15, -0.1) is 11.3 Å². The summed E-state index contributed by atoms with van der Waals surface area (Å²) >= 11 is 1.56. The third-order valence-corrected chi connectivity index (χ3v) is 3.14. The highest BCUT2D eigenvalue weighted by molar-refractivity contribution is 7.09. The summed E-state index contributed by atoms with van der Waals surface area (Å²) in [6.07, 6.45) is 0.999. The van der Waals surface area contributed by atoms with E-state index < -0.39 is 0 Å². The fraction of sp³-hybridized carbons (Fsp3) is 0.636. The zero-order valence-corrected chi connectivity index (χ0v) is 10.6. The van der Waals surface area contributed by atoms with Gasteiger partial charge in [0.05, 0.1) is 17.1 Å². The Morgan fingerprint density at radius 2 is 2.38 bits per heavy atom. The number of nitrogens with zero attached hydrogens (tertiary/aromatic N) is 2. The van der Waals surface area contributed by atoms with Crippen LogP contribution in [0.1, 0.15) is 24.0 Å².